The van der Waals surface area contributed by atoms with Gasteiger partial charge in [-0.05, 0) is 30.4 Å². The number of rotatable bonds is 4. The van der Waals surface area contributed by atoms with Crippen LogP contribution < -0.4 is 5.32 Å². The number of aromatic amines is 1. The number of aromatic nitrogens is 2. The van der Waals surface area contributed by atoms with Crippen molar-refractivity contribution < 1.29 is 9.18 Å². The monoisotopic (exact) mass is 293 g/mol. The van der Waals surface area contributed by atoms with E-state index in [0.29, 0.717) is 24.4 Å². The van der Waals surface area contributed by atoms with E-state index < -0.39 is 0 Å². The maximum absolute atomic E-state index is 13.1. The molecule has 1 aromatic carbocycles. The van der Waals surface area contributed by atoms with E-state index in [1.165, 1.54) is 12.1 Å². The predicted octanol–water partition coefficient (Wildman–Crippen LogP) is 2.26. The minimum atomic E-state index is -0.288. The molecule has 0 spiro atoms. The molecule has 1 saturated heterocycles. The minimum Gasteiger partial charge on any atom is -0.353 e. The highest BCUT2D eigenvalue weighted by Crippen LogP contribution is 2.17. The Morgan fingerprint density at radius 1 is 1.55 bits per heavy atom. The van der Waals surface area contributed by atoms with Crippen LogP contribution in [0.1, 0.15) is 18.7 Å². The predicted molar refractivity (Wildman–Crippen MR) is 78.2 cm³/mol. The molecule has 0 bridgehead atoms. The van der Waals surface area contributed by atoms with Crippen LogP contribution >= 0.6 is 11.8 Å². The van der Waals surface area contributed by atoms with E-state index in [2.05, 4.69) is 15.3 Å². The van der Waals surface area contributed by atoms with Crippen LogP contribution in [-0.2, 0) is 11.2 Å². The van der Waals surface area contributed by atoms with Gasteiger partial charge in [-0.15, -0.1) is 0 Å². The molecule has 2 N–H and O–H groups in total. The van der Waals surface area contributed by atoms with Crippen molar-refractivity contribution in [3.8, 4) is 0 Å². The average molecular weight is 293 g/mol. The molecule has 20 heavy (non-hydrogen) atoms. The summed E-state index contributed by atoms with van der Waals surface area (Å²) in [5.41, 5.74) is 1.40. The van der Waals surface area contributed by atoms with Crippen LogP contribution in [0.3, 0.4) is 0 Å². The summed E-state index contributed by atoms with van der Waals surface area (Å²) in [6, 6.07) is 4.76. The van der Waals surface area contributed by atoms with E-state index in [4.69, 9.17) is 0 Å². The second kappa shape index (κ2) is 5.83. The molecule has 1 aromatic heterocycles. The summed E-state index contributed by atoms with van der Waals surface area (Å²) in [5, 5.41) is 3.03. The van der Waals surface area contributed by atoms with Gasteiger partial charge in [0.25, 0.3) is 0 Å². The number of thioether (sulfide) groups is 1. The fraction of sp³-hybridized carbons (Fsp3) is 0.429. The van der Waals surface area contributed by atoms with Crippen molar-refractivity contribution in [2.24, 2.45) is 0 Å². The Bertz CT molecular complexity index is 622. The van der Waals surface area contributed by atoms with E-state index in [-0.39, 0.29) is 11.7 Å². The molecule has 0 saturated carbocycles. The Morgan fingerprint density at radius 2 is 2.45 bits per heavy atom. The summed E-state index contributed by atoms with van der Waals surface area (Å²) in [6.07, 6.45) is 2.01. The lowest BCUT2D eigenvalue weighted by molar-refractivity contribution is -0.121. The van der Waals surface area contributed by atoms with Crippen LogP contribution in [0.2, 0.25) is 0 Å². The Balaban J connectivity index is 1.57. The molecule has 1 fully saturated rings. The van der Waals surface area contributed by atoms with Gasteiger partial charge in [-0.2, -0.15) is 11.8 Å². The molecular formula is C14H16FN3OS. The summed E-state index contributed by atoms with van der Waals surface area (Å²) in [6.45, 7) is 0. The molecule has 0 aliphatic carbocycles. The van der Waals surface area contributed by atoms with Crippen LogP contribution in [0.15, 0.2) is 18.2 Å². The van der Waals surface area contributed by atoms with E-state index in [0.717, 1.165) is 29.3 Å². The molecule has 3 rings (SSSR count). The van der Waals surface area contributed by atoms with Crippen molar-refractivity contribution in [1.29, 1.82) is 0 Å². The normalized spacial score (nSPS) is 18.6. The molecule has 1 amide bonds. The average Bonchev–Trinajstić information content (AvgIpc) is 3.04. The van der Waals surface area contributed by atoms with E-state index in [9.17, 15) is 9.18 Å². The van der Waals surface area contributed by atoms with Crippen LogP contribution in [0.25, 0.3) is 11.0 Å². The zero-order valence-corrected chi connectivity index (χ0v) is 11.8. The number of aryl methyl sites for hydroxylation is 1. The van der Waals surface area contributed by atoms with Crippen molar-refractivity contribution in [3.05, 3.63) is 29.8 Å². The minimum absolute atomic E-state index is 0.0594. The number of fused-ring (bicyclic) bond motifs is 1. The fourth-order valence-corrected chi connectivity index (χ4v) is 3.49. The van der Waals surface area contributed by atoms with E-state index >= 15 is 0 Å². The maximum atomic E-state index is 13.1. The van der Waals surface area contributed by atoms with Gasteiger partial charge < -0.3 is 10.3 Å². The molecule has 0 radical (unpaired) electrons. The van der Waals surface area contributed by atoms with Gasteiger partial charge >= 0.3 is 0 Å². The van der Waals surface area contributed by atoms with Crippen molar-refractivity contribution in [3.63, 3.8) is 0 Å². The number of H-pyrrole nitrogens is 1. The summed E-state index contributed by atoms with van der Waals surface area (Å²) in [4.78, 5) is 19.2. The second-order valence-electron chi connectivity index (χ2n) is 4.97. The maximum Gasteiger partial charge on any atom is 0.220 e. The lowest BCUT2D eigenvalue weighted by atomic mass is 10.2. The number of imidazole rings is 1. The Kier molecular flexibility index (Phi) is 3.91. The first kappa shape index (κ1) is 13.4. The lowest BCUT2D eigenvalue weighted by Crippen LogP contribution is -2.34. The van der Waals surface area contributed by atoms with Crippen molar-refractivity contribution >= 4 is 28.7 Å². The topological polar surface area (TPSA) is 57.8 Å². The van der Waals surface area contributed by atoms with E-state index in [1.54, 1.807) is 6.07 Å². The SMILES string of the molecule is O=C(CCc1nc2ccc(F)cc2[nH]1)NC1CCSC1. The number of carbonyl (C=O) groups excluding carboxylic acids is 1. The van der Waals surface area contributed by atoms with Gasteiger partial charge in [-0.3, -0.25) is 4.79 Å². The molecule has 2 heterocycles. The molecule has 1 aliphatic heterocycles. The summed E-state index contributed by atoms with van der Waals surface area (Å²) in [7, 11) is 0. The Labute approximate surface area is 120 Å². The van der Waals surface area contributed by atoms with E-state index in [1.807, 2.05) is 11.8 Å². The number of amides is 1. The number of nitrogens with one attached hydrogen (secondary N) is 2. The highest BCUT2D eigenvalue weighted by Gasteiger charge is 2.17. The third-order valence-corrected chi connectivity index (χ3v) is 4.54. The van der Waals surface area contributed by atoms with Gasteiger partial charge in [-0.25, -0.2) is 9.37 Å². The van der Waals surface area contributed by atoms with Gasteiger partial charge in [0.05, 0.1) is 11.0 Å². The summed E-state index contributed by atoms with van der Waals surface area (Å²) in [5.74, 6) is 2.63. The highest BCUT2D eigenvalue weighted by atomic mass is 32.2. The third kappa shape index (κ3) is 3.12. The van der Waals surface area contributed by atoms with Crippen molar-refractivity contribution in [2.75, 3.05) is 11.5 Å². The number of halogens is 1. The zero-order chi connectivity index (χ0) is 13.9. The lowest BCUT2D eigenvalue weighted by Gasteiger charge is -2.10. The third-order valence-electron chi connectivity index (χ3n) is 3.38. The first-order chi connectivity index (χ1) is 9.70. The van der Waals surface area contributed by atoms with Crippen molar-refractivity contribution in [1.82, 2.24) is 15.3 Å². The molecule has 6 heteroatoms. The molecule has 106 valence electrons. The molecule has 1 aliphatic rings. The Morgan fingerprint density at radius 3 is 3.25 bits per heavy atom. The molecule has 4 nitrogen and oxygen atoms in total. The zero-order valence-electron chi connectivity index (χ0n) is 11.0. The van der Waals surface area contributed by atoms with Crippen LogP contribution in [-0.4, -0.2) is 33.4 Å². The standard InChI is InChI=1S/C14H16FN3OS/c15-9-1-2-11-12(7-9)18-13(17-11)3-4-14(19)16-10-5-6-20-8-10/h1-2,7,10H,3-6,8H2,(H,16,19)(H,17,18). The molecular weight excluding hydrogens is 277 g/mol. The Hall–Kier alpha value is -1.56. The number of carbonyl (C=O) groups is 1. The van der Waals surface area contributed by atoms with Crippen molar-refractivity contribution in [2.45, 2.75) is 25.3 Å². The first-order valence-electron chi connectivity index (χ1n) is 6.72. The van der Waals surface area contributed by atoms with Gasteiger partial charge in [0, 0.05) is 24.6 Å². The smallest absolute Gasteiger partial charge is 0.220 e. The number of hydrogen-bond donors (Lipinski definition) is 2. The molecule has 1 unspecified atom stereocenters. The number of benzene rings is 1. The molecule has 1 atom stereocenters. The largest absolute Gasteiger partial charge is 0.353 e. The van der Waals surface area contributed by atoms with Gasteiger partial charge in [0.15, 0.2) is 0 Å². The van der Waals surface area contributed by atoms with Crippen LogP contribution in [0.4, 0.5) is 4.39 Å². The second-order valence-corrected chi connectivity index (χ2v) is 6.12. The summed E-state index contributed by atoms with van der Waals surface area (Å²) < 4.78 is 13.1. The molecule has 2 aromatic rings. The fourth-order valence-electron chi connectivity index (χ4n) is 2.33. The summed E-state index contributed by atoms with van der Waals surface area (Å²) >= 11 is 1.87. The van der Waals surface area contributed by atoms with Gasteiger partial charge in [-0.1, -0.05) is 0 Å². The van der Waals surface area contributed by atoms with Crippen LogP contribution in [0, 0.1) is 5.82 Å². The first-order valence-corrected chi connectivity index (χ1v) is 7.87. The van der Waals surface area contributed by atoms with Gasteiger partial charge in [0.1, 0.15) is 11.6 Å². The van der Waals surface area contributed by atoms with Gasteiger partial charge in [0.2, 0.25) is 5.91 Å². The quantitative estimate of drug-likeness (QED) is 0.909. The highest BCUT2D eigenvalue weighted by molar-refractivity contribution is 7.99. The number of hydrogen-bond acceptors (Lipinski definition) is 3. The van der Waals surface area contributed by atoms with Crippen LogP contribution in [0.5, 0.6) is 0 Å². The number of nitrogens with zero attached hydrogens (tertiary/aromatic N) is 1.